The van der Waals surface area contributed by atoms with Gasteiger partial charge in [-0.3, -0.25) is 24.2 Å². The second-order valence-corrected chi connectivity index (χ2v) is 10.6. The zero-order valence-electron chi connectivity index (χ0n) is 24.7. The van der Waals surface area contributed by atoms with E-state index < -0.39 is 65.8 Å². The number of ether oxygens (including phenoxy) is 1. The van der Waals surface area contributed by atoms with Crippen LogP contribution < -0.4 is 21.3 Å². The van der Waals surface area contributed by atoms with Gasteiger partial charge in [0, 0.05) is 18.9 Å². The van der Waals surface area contributed by atoms with Crippen LogP contribution in [0.4, 0.5) is 4.79 Å². The Morgan fingerprint density at radius 3 is 2.31 bits per heavy atom. The van der Waals surface area contributed by atoms with Crippen molar-refractivity contribution in [2.24, 2.45) is 11.8 Å². The fourth-order valence-electron chi connectivity index (χ4n) is 4.39. The minimum absolute atomic E-state index is 0.0194. The number of nitrogens with zero attached hydrogens (tertiary/aromatic N) is 3. The molecule has 1 aromatic rings. The van der Waals surface area contributed by atoms with Crippen LogP contribution in [0.25, 0.3) is 0 Å². The molecule has 230 valence electrons. The summed E-state index contributed by atoms with van der Waals surface area (Å²) in [5.74, 6) is -3.05. The van der Waals surface area contributed by atoms with E-state index >= 15 is 0 Å². The topological polar surface area (TPSA) is 189 Å². The molecule has 0 saturated carbocycles. The molecule has 0 aromatic carbocycles. The largest absolute Gasteiger partial charge is 0.445 e. The highest BCUT2D eigenvalue weighted by Crippen LogP contribution is 2.22. The van der Waals surface area contributed by atoms with Gasteiger partial charge in [0.05, 0.1) is 18.3 Å². The molecule has 5 amide bonds. The maximum atomic E-state index is 13.9. The number of carbonyl (C=O) groups is 6. The van der Waals surface area contributed by atoms with Gasteiger partial charge in [-0.25, -0.2) is 9.78 Å². The molecule has 14 heteroatoms. The van der Waals surface area contributed by atoms with Crippen LogP contribution >= 0.6 is 0 Å². The molecule has 0 bridgehead atoms. The van der Waals surface area contributed by atoms with Crippen molar-refractivity contribution in [1.82, 2.24) is 36.1 Å². The first kappa shape index (κ1) is 33.8. The lowest BCUT2D eigenvalue weighted by molar-refractivity contribution is -0.143. The first-order valence-corrected chi connectivity index (χ1v) is 13.9. The first-order chi connectivity index (χ1) is 19.9. The fourth-order valence-corrected chi connectivity index (χ4v) is 4.39. The van der Waals surface area contributed by atoms with Gasteiger partial charge in [0.2, 0.25) is 17.7 Å². The average molecular weight is 588 g/mol. The third-order valence-electron chi connectivity index (χ3n) is 6.73. The van der Waals surface area contributed by atoms with Crippen molar-refractivity contribution in [1.29, 1.82) is 0 Å². The third kappa shape index (κ3) is 9.35. The monoisotopic (exact) mass is 587 g/mol. The van der Waals surface area contributed by atoms with Gasteiger partial charge in [-0.1, -0.05) is 47.3 Å². The Hall–Kier alpha value is -4.36. The Morgan fingerprint density at radius 1 is 1.07 bits per heavy atom. The van der Waals surface area contributed by atoms with Crippen LogP contribution in [0.2, 0.25) is 0 Å². The van der Waals surface area contributed by atoms with Crippen molar-refractivity contribution in [3.8, 4) is 0 Å². The number of hydrogen-bond acceptors (Lipinski definition) is 9. The number of aldehydes is 1. The molecule has 0 aliphatic carbocycles. The zero-order valence-corrected chi connectivity index (χ0v) is 24.7. The highest BCUT2D eigenvalue weighted by Gasteiger charge is 2.44. The molecule has 1 fully saturated rings. The van der Waals surface area contributed by atoms with E-state index in [1.807, 2.05) is 0 Å². The molecule has 5 atom stereocenters. The minimum Gasteiger partial charge on any atom is -0.445 e. The highest BCUT2D eigenvalue weighted by molar-refractivity contribution is 5.98. The van der Waals surface area contributed by atoms with E-state index in [0.717, 1.165) is 0 Å². The first-order valence-electron chi connectivity index (χ1n) is 13.9. The number of amides is 5. The van der Waals surface area contributed by atoms with Crippen molar-refractivity contribution >= 4 is 36.0 Å². The summed E-state index contributed by atoms with van der Waals surface area (Å²) in [6.45, 7) is 12.1. The molecule has 1 saturated heterocycles. The van der Waals surface area contributed by atoms with Crippen molar-refractivity contribution in [3.05, 3.63) is 36.9 Å². The molecule has 0 spiro atoms. The highest BCUT2D eigenvalue weighted by atomic mass is 16.5. The predicted octanol–water partition coefficient (Wildman–Crippen LogP) is 0.347. The van der Waals surface area contributed by atoms with Gasteiger partial charge in [0.15, 0.2) is 0 Å². The van der Waals surface area contributed by atoms with Crippen LogP contribution in [0.15, 0.2) is 31.2 Å². The van der Waals surface area contributed by atoms with E-state index in [4.69, 9.17) is 4.74 Å². The molecule has 1 aromatic heterocycles. The number of carbonyl (C=O) groups excluding carboxylic acids is 6. The van der Waals surface area contributed by atoms with E-state index in [-0.39, 0.29) is 31.2 Å². The second kappa shape index (κ2) is 16.2. The minimum atomic E-state index is -1.07. The molecule has 42 heavy (non-hydrogen) atoms. The van der Waals surface area contributed by atoms with E-state index in [1.54, 1.807) is 34.6 Å². The maximum Gasteiger partial charge on any atom is 0.407 e. The van der Waals surface area contributed by atoms with Crippen LogP contribution in [0.1, 0.15) is 57.9 Å². The summed E-state index contributed by atoms with van der Waals surface area (Å²) in [4.78, 5) is 85.8. The fraction of sp³-hybridized carbons (Fsp3) is 0.571. The summed E-state index contributed by atoms with van der Waals surface area (Å²) in [5, 5.41) is 10.7. The van der Waals surface area contributed by atoms with Crippen LogP contribution in [0.5, 0.6) is 0 Å². The predicted molar refractivity (Wildman–Crippen MR) is 152 cm³/mol. The molecule has 4 N–H and O–H groups in total. The van der Waals surface area contributed by atoms with Crippen molar-refractivity contribution in [3.63, 3.8) is 0 Å². The smallest absolute Gasteiger partial charge is 0.407 e. The molecule has 0 unspecified atom stereocenters. The quantitative estimate of drug-likeness (QED) is 0.176. The number of alkyl carbamates (subject to hydrolysis) is 1. The molecule has 0 radical (unpaired) electrons. The molecular weight excluding hydrogens is 546 g/mol. The summed E-state index contributed by atoms with van der Waals surface area (Å²) < 4.78 is 4.98. The number of hydrogen-bond donors (Lipinski definition) is 4. The van der Waals surface area contributed by atoms with Crippen LogP contribution in [-0.4, -0.2) is 94.2 Å². The Labute approximate surface area is 245 Å². The zero-order chi connectivity index (χ0) is 31.4. The van der Waals surface area contributed by atoms with Gasteiger partial charge in [-0.05, 0) is 24.7 Å². The van der Waals surface area contributed by atoms with Gasteiger partial charge >= 0.3 is 6.09 Å². The summed E-state index contributed by atoms with van der Waals surface area (Å²) >= 11 is 0. The number of rotatable bonds is 14. The lowest BCUT2D eigenvalue weighted by Gasteiger charge is -2.32. The summed E-state index contributed by atoms with van der Waals surface area (Å²) in [7, 11) is 0. The normalized spacial score (nSPS) is 18.4. The van der Waals surface area contributed by atoms with Crippen LogP contribution in [-0.2, 0) is 23.9 Å². The van der Waals surface area contributed by atoms with Crippen molar-refractivity contribution < 1.29 is 33.5 Å². The molecular formula is C28H41N7O7. The van der Waals surface area contributed by atoms with Gasteiger partial charge in [-0.15, -0.1) is 0 Å². The van der Waals surface area contributed by atoms with Crippen molar-refractivity contribution in [2.75, 3.05) is 13.2 Å². The van der Waals surface area contributed by atoms with Gasteiger partial charge in [0.1, 0.15) is 36.7 Å². The summed E-state index contributed by atoms with van der Waals surface area (Å²) in [5.41, 5.74) is 0.0317. The molecule has 2 rings (SSSR count). The molecule has 1 aliphatic rings. The maximum absolute atomic E-state index is 13.9. The third-order valence-corrected chi connectivity index (χ3v) is 6.73. The van der Waals surface area contributed by atoms with Gasteiger partial charge in [-0.2, -0.15) is 0 Å². The van der Waals surface area contributed by atoms with E-state index in [0.29, 0.717) is 12.7 Å². The van der Waals surface area contributed by atoms with E-state index in [2.05, 4.69) is 37.8 Å². The standard InChI is InChI=1S/C28H41N7O7/c1-7-11-42-28(41)32-19-12-21(25(38)31-18(8-2)15-36)35(14-19)27(40)23(17(5)6)34-26(39)22(16(3)4)33-24(37)20-13-29-9-10-30-20/h7,9-10,13,15-19,21-23H,1,8,11-12,14H2,2-6H3,(H,31,38)(H,32,41)(H,33,37)(H,34,39)/t18-,19+,21-,22-,23-/m0/s1. The van der Waals surface area contributed by atoms with E-state index in [9.17, 15) is 28.8 Å². The van der Waals surface area contributed by atoms with Crippen LogP contribution in [0.3, 0.4) is 0 Å². The number of aromatic nitrogens is 2. The Morgan fingerprint density at radius 2 is 1.76 bits per heavy atom. The van der Waals surface area contributed by atoms with E-state index in [1.165, 1.54) is 29.6 Å². The van der Waals surface area contributed by atoms with Crippen molar-refractivity contribution in [2.45, 2.75) is 77.7 Å². The number of likely N-dealkylation sites (tertiary alicyclic amines) is 1. The molecule has 2 heterocycles. The average Bonchev–Trinajstić information content (AvgIpc) is 3.39. The number of nitrogens with one attached hydrogen (secondary N) is 4. The summed E-state index contributed by atoms with van der Waals surface area (Å²) in [6, 6.07) is -4.47. The lowest BCUT2D eigenvalue weighted by Crippen LogP contribution is -2.59. The molecule has 1 aliphatic heterocycles. The van der Waals surface area contributed by atoms with Gasteiger partial charge in [0.25, 0.3) is 5.91 Å². The second-order valence-electron chi connectivity index (χ2n) is 10.6. The Bertz CT molecular complexity index is 1130. The Balaban J connectivity index is 2.27. The lowest BCUT2D eigenvalue weighted by atomic mass is 9.98. The van der Waals surface area contributed by atoms with Gasteiger partial charge < -0.3 is 35.7 Å². The van der Waals surface area contributed by atoms with Crippen LogP contribution in [0, 0.1) is 11.8 Å². The Kier molecular flexibility index (Phi) is 13.0. The SMILES string of the molecule is C=CCOC(=O)N[C@@H]1C[C@@H](C(=O)N[C@H](C=O)CC)N(C(=O)[C@@H](NC(=O)[C@@H](NC(=O)c2cnccn2)C(C)C)C(C)C)C1. The summed E-state index contributed by atoms with van der Waals surface area (Å²) in [6.07, 6.45) is 5.74. The molecule has 14 nitrogen and oxygen atoms in total.